The van der Waals surface area contributed by atoms with Crippen LogP contribution in [0.1, 0.15) is 39.5 Å². The fraction of sp³-hybridized carbons (Fsp3) is 0.222. The summed E-state index contributed by atoms with van der Waals surface area (Å²) in [4.78, 5) is 30.9. The van der Waals surface area contributed by atoms with Crippen molar-refractivity contribution in [2.75, 3.05) is 0 Å². The Hall–Kier alpha value is -4.00. The van der Waals surface area contributed by atoms with E-state index in [1.165, 1.54) is 0 Å². The molecule has 4 aromatic heterocycles. The number of rotatable bonds is 8. The number of hydrogen-bond donors (Lipinski definition) is 0. The molecule has 0 unspecified atom stereocenters. The van der Waals surface area contributed by atoms with Gasteiger partial charge in [-0.1, -0.05) is 63.1 Å². The monoisotopic (exact) mass is 588 g/mol. The first-order chi connectivity index (χ1) is 20.6. The van der Waals surface area contributed by atoms with Crippen LogP contribution in [0.25, 0.3) is 64.5 Å². The van der Waals surface area contributed by atoms with Gasteiger partial charge >= 0.3 is 0 Å². The number of unbranched alkanes of at least 4 members (excludes halogenated alkanes) is 2. The second-order valence-electron chi connectivity index (χ2n) is 10.9. The van der Waals surface area contributed by atoms with Crippen LogP contribution in [-0.4, -0.2) is 9.13 Å². The van der Waals surface area contributed by atoms with E-state index in [2.05, 4.69) is 70.1 Å². The van der Waals surface area contributed by atoms with E-state index >= 15 is 0 Å². The highest BCUT2D eigenvalue weighted by Crippen LogP contribution is 2.36. The Morgan fingerprint density at radius 3 is 1.40 bits per heavy atom. The van der Waals surface area contributed by atoms with Gasteiger partial charge in [0.1, 0.15) is 0 Å². The number of aryl methyl sites for hydroxylation is 2. The van der Waals surface area contributed by atoms with Crippen LogP contribution >= 0.6 is 22.7 Å². The topological polar surface area (TPSA) is 44.0 Å². The predicted molar refractivity (Wildman–Crippen MR) is 181 cm³/mol. The number of fused-ring (bicyclic) bond motifs is 4. The highest BCUT2D eigenvalue weighted by atomic mass is 32.1. The molecule has 0 bridgehead atoms. The molecule has 3 aromatic carbocycles. The largest absolute Gasteiger partial charge is 0.340 e. The number of aromatic nitrogens is 2. The van der Waals surface area contributed by atoms with E-state index in [-0.39, 0.29) is 10.9 Å². The van der Waals surface area contributed by atoms with Gasteiger partial charge in [-0.3, -0.25) is 9.59 Å². The molecule has 0 aliphatic carbocycles. The number of nitrogens with zero attached hydrogens (tertiary/aromatic N) is 2. The van der Waals surface area contributed by atoms with E-state index < -0.39 is 0 Å². The lowest BCUT2D eigenvalue weighted by Crippen LogP contribution is -2.16. The smallest absolute Gasteiger partial charge is 0.197 e. The van der Waals surface area contributed by atoms with Crippen molar-refractivity contribution in [1.82, 2.24) is 9.13 Å². The quantitative estimate of drug-likeness (QED) is 0.166. The zero-order valence-corrected chi connectivity index (χ0v) is 25.5. The molecule has 0 amide bonds. The third-order valence-electron chi connectivity index (χ3n) is 8.33. The van der Waals surface area contributed by atoms with E-state index in [4.69, 9.17) is 0 Å². The van der Waals surface area contributed by atoms with E-state index in [9.17, 15) is 9.59 Å². The van der Waals surface area contributed by atoms with Crippen molar-refractivity contribution in [2.24, 2.45) is 0 Å². The fourth-order valence-corrected chi connectivity index (χ4v) is 7.82. The standard InChI is InChI=1S/C36H32N2O2S2/c1-3-5-17-37-29-21-28-30(22-27(29)35(39)25-13-7-11-23(33(25)37)31-15-9-19-41-31)38(18-6-4-2)34-24(32-16-10-20-42-32)12-8-14-26(34)36(28)40/h7-16,19-22H,3-6,17-18H2,1-2H3. The number of para-hydroxylation sites is 2. The molecule has 0 saturated carbocycles. The third kappa shape index (κ3) is 4.24. The van der Waals surface area contributed by atoms with Crippen molar-refractivity contribution in [1.29, 1.82) is 0 Å². The number of hydrogen-bond acceptors (Lipinski definition) is 4. The normalized spacial score (nSPS) is 11.9. The van der Waals surface area contributed by atoms with Crippen LogP contribution in [0.15, 0.2) is 93.1 Å². The summed E-state index contributed by atoms with van der Waals surface area (Å²) in [7, 11) is 0. The summed E-state index contributed by atoms with van der Waals surface area (Å²) >= 11 is 3.37. The first-order valence-electron chi connectivity index (χ1n) is 14.8. The lowest BCUT2D eigenvalue weighted by molar-refractivity contribution is 0.661. The van der Waals surface area contributed by atoms with Crippen molar-refractivity contribution >= 4 is 66.3 Å². The summed E-state index contributed by atoms with van der Waals surface area (Å²) in [6, 6.07) is 24.5. The van der Waals surface area contributed by atoms with Crippen LogP contribution in [-0.2, 0) is 13.1 Å². The third-order valence-corrected chi connectivity index (χ3v) is 10.1. The summed E-state index contributed by atoms with van der Waals surface area (Å²) in [5.41, 5.74) is 5.77. The van der Waals surface area contributed by atoms with Gasteiger partial charge in [0.05, 0.1) is 22.1 Å². The van der Waals surface area contributed by atoms with Gasteiger partial charge in [-0.2, -0.15) is 0 Å². The zero-order chi connectivity index (χ0) is 28.8. The molecule has 0 saturated heterocycles. The van der Waals surface area contributed by atoms with Gasteiger partial charge < -0.3 is 9.13 Å². The molecule has 0 aliphatic rings. The average Bonchev–Trinajstić information content (AvgIpc) is 3.76. The van der Waals surface area contributed by atoms with Gasteiger partial charge in [0, 0.05) is 55.5 Å². The average molecular weight is 589 g/mol. The van der Waals surface area contributed by atoms with Crippen molar-refractivity contribution in [2.45, 2.75) is 52.6 Å². The lowest BCUT2D eigenvalue weighted by atomic mass is 10.00. The molecule has 4 heterocycles. The molecule has 0 fully saturated rings. The molecule has 6 heteroatoms. The van der Waals surface area contributed by atoms with Crippen molar-refractivity contribution in [3.8, 4) is 20.9 Å². The van der Waals surface area contributed by atoms with Crippen molar-refractivity contribution in [3.63, 3.8) is 0 Å². The summed E-state index contributed by atoms with van der Waals surface area (Å²) in [6.45, 7) is 5.92. The Morgan fingerprint density at radius 1 is 0.571 bits per heavy atom. The molecule has 4 nitrogen and oxygen atoms in total. The number of thiophene rings is 2. The summed E-state index contributed by atoms with van der Waals surface area (Å²) in [6.07, 6.45) is 4.02. The molecule has 0 atom stereocenters. The molecule has 0 aliphatic heterocycles. The van der Waals surface area contributed by atoms with Crippen LogP contribution in [0.4, 0.5) is 0 Å². The van der Waals surface area contributed by atoms with Crippen molar-refractivity contribution < 1.29 is 0 Å². The van der Waals surface area contributed by atoms with Crippen LogP contribution in [0.3, 0.4) is 0 Å². The Morgan fingerprint density at radius 2 is 1.02 bits per heavy atom. The minimum atomic E-state index is 0.0224. The molecular formula is C36H32N2O2S2. The molecule has 0 spiro atoms. The first kappa shape index (κ1) is 26.9. The Kier molecular flexibility index (Phi) is 7.04. The second-order valence-corrected chi connectivity index (χ2v) is 12.8. The number of benzene rings is 3. The predicted octanol–water partition coefficient (Wildman–Crippen LogP) is 9.68. The molecular weight excluding hydrogens is 557 g/mol. The van der Waals surface area contributed by atoms with E-state index in [1.54, 1.807) is 22.7 Å². The second kappa shape index (κ2) is 11.0. The Balaban J connectivity index is 1.67. The fourth-order valence-electron chi connectivity index (χ4n) is 6.31. The summed E-state index contributed by atoms with van der Waals surface area (Å²) in [5, 5.41) is 6.95. The zero-order valence-electron chi connectivity index (χ0n) is 23.9. The van der Waals surface area contributed by atoms with Gasteiger partial charge in [-0.25, -0.2) is 0 Å². The van der Waals surface area contributed by atoms with E-state index in [0.717, 1.165) is 92.5 Å². The van der Waals surface area contributed by atoms with Crippen molar-refractivity contribution in [3.05, 3.63) is 104 Å². The van der Waals surface area contributed by atoms with Gasteiger partial charge in [0.25, 0.3) is 0 Å². The Labute approximate surface area is 252 Å². The SMILES string of the molecule is CCCCn1c2cc3c(=O)c4cccc(-c5cccs5)c4n(CCCC)c3cc2c(=O)c2cccc(-c3cccs3)c21. The van der Waals surface area contributed by atoms with Crippen LogP contribution in [0.2, 0.25) is 0 Å². The minimum Gasteiger partial charge on any atom is -0.340 e. The molecule has 0 N–H and O–H groups in total. The van der Waals surface area contributed by atoms with Crippen LogP contribution in [0.5, 0.6) is 0 Å². The van der Waals surface area contributed by atoms with Gasteiger partial charge in [-0.15, -0.1) is 22.7 Å². The summed E-state index contributed by atoms with van der Waals surface area (Å²) < 4.78 is 4.60. The molecule has 42 heavy (non-hydrogen) atoms. The van der Waals surface area contributed by atoms with E-state index in [0.29, 0.717) is 10.8 Å². The maximum atomic E-state index is 14.3. The molecule has 7 rings (SSSR count). The van der Waals surface area contributed by atoms with Gasteiger partial charge in [-0.05, 0) is 60.0 Å². The van der Waals surface area contributed by atoms with Gasteiger partial charge in [0.15, 0.2) is 10.9 Å². The molecule has 0 radical (unpaired) electrons. The maximum Gasteiger partial charge on any atom is 0.197 e. The molecule has 7 aromatic rings. The van der Waals surface area contributed by atoms with Crippen LogP contribution < -0.4 is 10.9 Å². The minimum absolute atomic E-state index is 0.0224. The first-order valence-corrected chi connectivity index (χ1v) is 16.5. The Bertz CT molecular complexity index is 2050. The number of pyridine rings is 2. The van der Waals surface area contributed by atoms with E-state index in [1.807, 2.05) is 36.4 Å². The highest BCUT2D eigenvalue weighted by molar-refractivity contribution is 7.14. The maximum absolute atomic E-state index is 14.3. The lowest BCUT2D eigenvalue weighted by Gasteiger charge is -2.21. The summed E-state index contributed by atoms with van der Waals surface area (Å²) in [5.74, 6) is 0. The highest BCUT2D eigenvalue weighted by Gasteiger charge is 2.20. The van der Waals surface area contributed by atoms with Crippen LogP contribution in [0, 0.1) is 0 Å². The molecule has 210 valence electrons. The van der Waals surface area contributed by atoms with Gasteiger partial charge in [0.2, 0.25) is 0 Å².